The van der Waals surface area contributed by atoms with Crippen molar-refractivity contribution in [3.8, 4) is 0 Å². The van der Waals surface area contributed by atoms with Crippen LogP contribution in [0.1, 0.15) is 20.3 Å². The highest BCUT2D eigenvalue weighted by Gasteiger charge is 2.29. The molecule has 1 saturated heterocycles. The lowest BCUT2D eigenvalue weighted by Crippen LogP contribution is -2.29. The fraction of sp³-hybridized carbons (Fsp3) is 1.00. The summed E-state index contributed by atoms with van der Waals surface area (Å²) in [7, 11) is 2.08. The Hall–Kier alpha value is -0.0800. The molecular formula is C8H17NO. The Labute approximate surface area is 62.8 Å². The number of hydrogen-bond donors (Lipinski definition) is 1. The van der Waals surface area contributed by atoms with Gasteiger partial charge in [-0.2, -0.15) is 0 Å². The zero-order chi connectivity index (χ0) is 7.72. The van der Waals surface area contributed by atoms with Gasteiger partial charge >= 0.3 is 0 Å². The molecule has 0 aromatic rings. The first kappa shape index (κ1) is 8.02. The van der Waals surface area contributed by atoms with Gasteiger partial charge < -0.3 is 10.0 Å². The second kappa shape index (κ2) is 2.89. The zero-order valence-corrected chi connectivity index (χ0v) is 7.04. The minimum absolute atomic E-state index is 0.0857. The molecule has 0 radical (unpaired) electrons. The quantitative estimate of drug-likeness (QED) is 0.584. The van der Waals surface area contributed by atoms with Gasteiger partial charge in [-0.05, 0) is 19.4 Å². The minimum Gasteiger partial charge on any atom is -0.392 e. The van der Waals surface area contributed by atoms with Crippen molar-refractivity contribution in [2.24, 2.45) is 5.92 Å². The molecule has 0 saturated carbocycles. The Morgan fingerprint density at radius 2 is 2.10 bits per heavy atom. The second-order valence-electron chi connectivity index (χ2n) is 3.64. The summed E-state index contributed by atoms with van der Waals surface area (Å²) in [5.41, 5.74) is 0. The van der Waals surface area contributed by atoms with Crippen LogP contribution in [0.25, 0.3) is 0 Å². The summed E-state index contributed by atoms with van der Waals surface area (Å²) in [6.45, 7) is 5.27. The Kier molecular flexibility index (Phi) is 2.32. The average molecular weight is 143 g/mol. The first-order valence-corrected chi connectivity index (χ1v) is 3.99. The van der Waals surface area contributed by atoms with Gasteiger partial charge in [-0.1, -0.05) is 13.8 Å². The predicted molar refractivity (Wildman–Crippen MR) is 41.9 cm³/mol. The topological polar surface area (TPSA) is 23.5 Å². The molecule has 1 rings (SSSR count). The fourth-order valence-electron chi connectivity index (χ4n) is 1.78. The van der Waals surface area contributed by atoms with Crippen molar-refractivity contribution in [3.05, 3.63) is 0 Å². The zero-order valence-electron chi connectivity index (χ0n) is 7.04. The van der Waals surface area contributed by atoms with Gasteiger partial charge in [-0.25, -0.2) is 0 Å². The van der Waals surface area contributed by atoms with Crippen LogP contribution in [0.15, 0.2) is 0 Å². The van der Waals surface area contributed by atoms with Crippen LogP contribution >= 0.6 is 0 Å². The van der Waals surface area contributed by atoms with Crippen molar-refractivity contribution >= 4 is 0 Å². The first-order chi connectivity index (χ1) is 4.61. The number of nitrogens with zero attached hydrogens (tertiary/aromatic N) is 1. The van der Waals surface area contributed by atoms with Gasteiger partial charge in [0.25, 0.3) is 0 Å². The monoisotopic (exact) mass is 143 g/mol. The van der Waals surface area contributed by atoms with Crippen molar-refractivity contribution in [2.45, 2.75) is 32.4 Å². The third-order valence-electron chi connectivity index (χ3n) is 2.35. The summed E-state index contributed by atoms with van der Waals surface area (Å²) in [5.74, 6) is 0.669. The summed E-state index contributed by atoms with van der Waals surface area (Å²) in [5, 5.41) is 9.28. The first-order valence-electron chi connectivity index (χ1n) is 3.99. The summed E-state index contributed by atoms with van der Waals surface area (Å²) in [6, 6.07) is 0.593. The molecule has 2 heteroatoms. The fourth-order valence-corrected chi connectivity index (χ4v) is 1.78. The van der Waals surface area contributed by atoms with Gasteiger partial charge in [0.2, 0.25) is 0 Å². The molecular weight excluding hydrogens is 126 g/mol. The summed E-state index contributed by atoms with van der Waals surface area (Å²) >= 11 is 0. The molecule has 1 aliphatic heterocycles. The number of aliphatic hydroxyl groups excluding tert-OH is 1. The lowest BCUT2D eigenvalue weighted by Gasteiger charge is -2.22. The van der Waals surface area contributed by atoms with Crippen LogP contribution < -0.4 is 0 Å². The number of β-amino-alcohol motifs (C(OH)–C–C–N with tert-alkyl or cyclic N) is 1. The summed E-state index contributed by atoms with van der Waals surface area (Å²) in [6.07, 6.45) is 0.867. The van der Waals surface area contributed by atoms with E-state index < -0.39 is 0 Å². The van der Waals surface area contributed by atoms with Crippen molar-refractivity contribution in [1.82, 2.24) is 4.90 Å². The molecule has 60 valence electrons. The Balaban J connectivity index is 2.46. The van der Waals surface area contributed by atoms with Crippen molar-refractivity contribution in [1.29, 1.82) is 0 Å². The molecule has 0 spiro atoms. The maximum absolute atomic E-state index is 9.28. The van der Waals surface area contributed by atoms with Crippen LogP contribution in [0.5, 0.6) is 0 Å². The number of aliphatic hydroxyl groups is 1. The smallest absolute Gasteiger partial charge is 0.0682 e. The SMILES string of the molecule is CC(C)C1CC(O)CN1C. The lowest BCUT2D eigenvalue weighted by molar-refractivity contribution is 0.182. The van der Waals surface area contributed by atoms with E-state index in [4.69, 9.17) is 0 Å². The summed E-state index contributed by atoms with van der Waals surface area (Å²) in [4.78, 5) is 2.25. The largest absolute Gasteiger partial charge is 0.392 e. The van der Waals surface area contributed by atoms with Gasteiger partial charge in [-0.15, -0.1) is 0 Å². The van der Waals surface area contributed by atoms with E-state index in [1.807, 2.05) is 0 Å². The van der Waals surface area contributed by atoms with E-state index in [0.717, 1.165) is 13.0 Å². The molecule has 0 bridgehead atoms. The molecule has 1 heterocycles. The maximum Gasteiger partial charge on any atom is 0.0682 e. The van der Waals surface area contributed by atoms with Crippen LogP contribution in [0.4, 0.5) is 0 Å². The van der Waals surface area contributed by atoms with Gasteiger partial charge in [-0.3, -0.25) is 0 Å². The summed E-state index contributed by atoms with van der Waals surface area (Å²) < 4.78 is 0. The highest BCUT2D eigenvalue weighted by atomic mass is 16.3. The van der Waals surface area contributed by atoms with E-state index >= 15 is 0 Å². The maximum atomic E-state index is 9.28. The second-order valence-corrected chi connectivity index (χ2v) is 3.64. The van der Waals surface area contributed by atoms with E-state index in [-0.39, 0.29) is 6.10 Å². The molecule has 1 N–H and O–H groups in total. The Bertz CT molecular complexity index is 114. The number of rotatable bonds is 1. The van der Waals surface area contributed by atoms with Crippen LogP contribution in [-0.2, 0) is 0 Å². The molecule has 0 aliphatic carbocycles. The standard InChI is InChI=1S/C8H17NO/c1-6(2)8-4-7(10)5-9(8)3/h6-8,10H,4-5H2,1-3H3. The molecule has 1 fully saturated rings. The van der Waals surface area contributed by atoms with Crippen LogP contribution in [0, 0.1) is 5.92 Å². The highest BCUT2D eigenvalue weighted by Crippen LogP contribution is 2.21. The van der Waals surface area contributed by atoms with Gasteiger partial charge in [0.05, 0.1) is 6.10 Å². The minimum atomic E-state index is -0.0857. The van der Waals surface area contributed by atoms with Crippen molar-refractivity contribution in [3.63, 3.8) is 0 Å². The third-order valence-corrected chi connectivity index (χ3v) is 2.35. The number of likely N-dealkylation sites (N-methyl/N-ethyl adjacent to an activating group) is 1. The van der Waals surface area contributed by atoms with Gasteiger partial charge in [0, 0.05) is 12.6 Å². The Morgan fingerprint density at radius 3 is 2.30 bits per heavy atom. The molecule has 0 aromatic carbocycles. The van der Waals surface area contributed by atoms with Crippen LogP contribution in [-0.4, -0.2) is 35.7 Å². The Morgan fingerprint density at radius 1 is 1.50 bits per heavy atom. The van der Waals surface area contributed by atoms with Crippen molar-refractivity contribution in [2.75, 3.05) is 13.6 Å². The van der Waals surface area contributed by atoms with E-state index in [1.54, 1.807) is 0 Å². The molecule has 0 amide bonds. The van der Waals surface area contributed by atoms with Gasteiger partial charge in [0.15, 0.2) is 0 Å². The third kappa shape index (κ3) is 1.50. The molecule has 2 unspecified atom stereocenters. The van der Waals surface area contributed by atoms with E-state index in [1.165, 1.54) is 0 Å². The van der Waals surface area contributed by atoms with Crippen LogP contribution in [0.3, 0.4) is 0 Å². The number of hydrogen-bond acceptors (Lipinski definition) is 2. The average Bonchev–Trinajstić information content (AvgIpc) is 2.10. The normalized spacial score (nSPS) is 35.7. The van der Waals surface area contributed by atoms with E-state index in [0.29, 0.717) is 12.0 Å². The number of likely N-dealkylation sites (tertiary alicyclic amines) is 1. The van der Waals surface area contributed by atoms with Gasteiger partial charge in [0.1, 0.15) is 0 Å². The van der Waals surface area contributed by atoms with Crippen LogP contribution in [0.2, 0.25) is 0 Å². The van der Waals surface area contributed by atoms with E-state index in [9.17, 15) is 5.11 Å². The lowest BCUT2D eigenvalue weighted by atomic mass is 10.0. The highest BCUT2D eigenvalue weighted by molar-refractivity contribution is 4.84. The van der Waals surface area contributed by atoms with Crippen molar-refractivity contribution < 1.29 is 5.11 Å². The molecule has 2 nitrogen and oxygen atoms in total. The molecule has 10 heavy (non-hydrogen) atoms. The molecule has 2 atom stereocenters. The van der Waals surface area contributed by atoms with E-state index in [2.05, 4.69) is 25.8 Å². The predicted octanol–water partition coefficient (Wildman–Crippen LogP) is 0.707. The molecule has 0 aromatic heterocycles. The molecule has 1 aliphatic rings.